The molecule has 0 aliphatic rings. The van der Waals surface area contributed by atoms with Gasteiger partial charge in [0.05, 0.1) is 33.8 Å². The summed E-state index contributed by atoms with van der Waals surface area (Å²) in [5.41, 5.74) is 0. The molecular formula is C67H121N2O7P. The molecule has 0 rings (SSSR count). The van der Waals surface area contributed by atoms with Gasteiger partial charge >= 0.3 is 5.97 Å². The van der Waals surface area contributed by atoms with Crippen LogP contribution in [0, 0.1) is 0 Å². The second kappa shape index (κ2) is 56.5. The van der Waals surface area contributed by atoms with E-state index in [1.807, 2.05) is 33.3 Å². The SMILES string of the molecule is CC/C=C\C/C=C\C/C=C\C/C=C\C/C=C\CCCCCCCCCCCCCC(=O)NC(COP(=O)([O-])OCC[N+](C)(C)C)C(/C=C/CCCCCCCCCCCCC)OC(=O)CCCCCCC/C=C\CCCC. The lowest BCUT2D eigenvalue weighted by Crippen LogP contribution is -2.47. The van der Waals surface area contributed by atoms with E-state index in [1.165, 1.54) is 116 Å². The third-order valence-corrected chi connectivity index (χ3v) is 14.8. The molecule has 0 aromatic carbocycles. The smallest absolute Gasteiger partial charge is 0.306 e. The number of phosphoric ester groups is 1. The maximum atomic E-state index is 13.5. The number of carbonyl (C=O) groups is 2. The number of ether oxygens (including phenoxy) is 1. The average molecular weight is 1100 g/mol. The Bertz CT molecular complexity index is 1590. The molecule has 3 atom stereocenters. The largest absolute Gasteiger partial charge is 0.756 e. The van der Waals surface area contributed by atoms with E-state index in [2.05, 4.69) is 99.0 Å². The van der Waals surface area contributed by atoms with Crippen LogP contribution in [0.1, 0.15) is 278 Å². The highest BCUT2D eigenvalue weighted by molar-refractivity contribution is 7.45. The van der Waals surface area contributed by atoms with Crippen LogP contribution in [0.15, 0.2) is 85.1 Å². The number of amides is 1. The number of hydrogen-bond acceptors (Lipinski definition) is 7. The highest BCUT2D eigenvalue weighted by atomic mass is 31.2. The van der Waals surface area contributed by atoms with E-state index >= 15 is 0 Å². The molecule has 0 bridgehead atoms. The molecule has 0 heterocycles. The summed E-state index contributed by atoms with van der Waals surface area (Å²) in [5, 5.41) is 3.03. The Labute approximate surface area is 476 Å². The van der Waals surface area contributed by atoms with Crippen molar-refractivity contribution in [1.82, 2.24) is 5.32 Å². The number of hydrogen-bond donors (Lipinski definition) is 1. The van der Waals surface area contributed by atoms with Crippen molar-refractivity contribution in [2.45, 2.75) is 290 Å². The predicted molar refractivity (Wildman–Crippen MR) is 330 cm³/mol. The lowest BCUT2D eigenvalue weighted by atomic mass is 10.0. The molecular weight excluding hydrogens is 976 g/mol. The zero-order valence-electron chi connectivity index (χ0n) is 50.9. The number of phosphoric acid groups is 1. The molecule has 1 amide bonds. The number of quaternary nitrogens is 1. The van der Waals surface area contributed by atoms with Crippen LogP contribution in [-0.2, 0) is 27.9 Å². The van der Waals surface area contributed by atoms with Crippen LogP contribution in [-0.4, -0.2) is 69.4 Å². The third kappa shape index (κ3) is 57.7. The summed E-state index contributed by atoms with van der Waals surface area (Å²) in [7, 11) is 1.17. The molecule has 3 unspecified atom stereocenters. The first-order valence-corrected chi connectivity index (χ1v) is 33.4. The quantitative estimate of drug-likeness (QED) is 0.0212. The van der Waals surface area contributed by atoms with Gasteiger partial charge in [-0.05, 0) is 96.0 Å². The van der Waals surface area contributed by atoms with Crippen LogP contribution in [0.3, 0.4) is 0 Å². The van der Waals surface area contributed by atoms with Crippen molar-refractivity contribution < 1.29 is 37.3 Å². The number of unbranched alkanes of at least 4 members (excludes halogenated alkanes) is 29. The topological polar surface area (TPSA) is 114 Å². The van der Waals surface area contributed by atoms with Crippen molar-refractivity contribution in [3.63, 3.8) is 0 Å². The maximum Gasteiger partial charge on any atom is 0.306 e. The minimum atomic E-state index is -4.70. The zero-order chi connectivity index (χ0) is 56.4. The predicted octanol–water partition coefficient (Wildman–Crippen LogP) is 19.1. The summed E-state index contributed by atoms with van der Waals surface area (Å²) in [4.78, 5) is 39.9. The zero-order valence-corrected chi connectivity index (χ0v) is 51.8. The standard InChI is InChI=1S/C67H121N2O7P/c1-7-10-13-16-19-22-25-27-28-29-30-31-32-33-34-35-36-37-38-39-40-42-45-47-50-53-56-59-66(70)68-64(63-75-77(72,73)74-62-61-69(4,5)6)65(58-55-52-49-46-44-41-26-23-20-17-14-11-8-2)76-67(71)60-57-54-51-48-43-24-21-18-15-12-9-3/h10,13,18-19,21-22,27-28,30-31,33-34,55,58,64-65H,7-9,11-12,14-17,20,23-26,29,32,35-54,56-57,59-63H2,1-6H3,(H-,68,70,72,73)/b13-10-,21-18-,22-19-,28-27-,31-30-,34-33-,58-55+. The molecule has 0 spiro atoms. The molecule has 0 saturated carbocycles. The summed E-state index contributed by atoms with van der Waals surface area (Å²) in [6, 6.07) is -0.896. The summed E-state index contributed by atoms with van der Waals surface area (Å²) in [5.74, 6) is -0.555. The van der Waals surface area contributed by atoms with E-state index in [9.17, 15) is 19.0 Å². The number of rotatable bonds is 57. The number of allylic oxidation sites excluding steroid dienone is 13. The minimum Gasteiger partial charge on any atom is -0.756 e. The van der Waals surface area contributed by atoms with Gasteiger partial charge in [-0.3, -0.25) is 14.2 Å². The van der Waals surface area contributed by atoms with Crippen molar-refractivity contribution in [2.24, 2.45) is 0 Å². The molecule has 0 radical (unpaired) electrons. The second-order valence-corrected chi connectivity index (χ2v) is 23.9. The van der Waals surface area contributed by atoms with Crippen LogP contribution in [0.25, 0.3) is 0 Å². The van der Waals surface area contributed by atoms with Gasteiger partial charge in [0.25, 0.3) is 7.82 Å². The van der Waals surface area contributed by atoms with Gasteiger partial charge in [-0.15, -0.1) is 0 Å². The van der Waals surface area contributed by atoms with Gasteiger partial charge in [0.1, 0.15) is 19.3 Å². The Morgan fingerprint density at radius 1 is 0.468 bits per heavy atom. The molecule has 446 valence electrons. The summed E-state index contributed by atoms with van der Waals surface area (Å²) < 4.78 is 30.3. The van der Waals surface area contributed by atoms with E-state index in [4.69, 9.17) is 13.8 Å². The Morgan fingerprint density at radius 2 is 0.844 bits per heavy atom. The number of nitrogens with one attached hydrogen (secondary N) is 1. The molecule has 0 aliphatic carbocycles. The fraction of sp³-hybridized carbons (Fsp3) is 0.761. The number of likely N-dealkylation sites (N-methyl/N-ethyl adjacent to an activating group) is 1. The minimum absolute atomic E-state index is 0.0266. The number of nitrogens with zero attached hydrogens (tertiary/aromatic N) is 1. The highest BCUT2D eigenvalue weighted by Crippen LogP contribution is 2.38. The average Bonchev–Trinajstić information content (AvgIpc) is 3.39. The monoisotopic (exact) mass is 1100 g/mol. The van der Waals surface area contributed by atoms with Crippen LogP contribution in [0.2, 0.25) is 0 Å². The normalized spacial score (nSPS) is 14.2. The number of esters is 1. The second-order valence-electron chi connectivity index (χ2n) is 22.5. The van der Waals surface area contributed by atoms with Gasteiger partial charge in [-0.25, -0.2) is 0 Å². The highest BCUT2D eigenvalue weighted by Gasteiger charge is 2.27. The van der Waals surface area contributed by atoms with Gasteiger partial charge in [-0.2, -0.15) is 0 Å². The molecule has 10 heteroatoms. The van der Waals surface area contributed by atoms with Crippen molar-refractivity contribution in [2.75, 3.05) is 40.9 Å². The van der Waals surface area contributed by atoms with Crippen molar-refractivity contribution in [3.05, 3.63) is 85.1 Å². The molecule has 0 fully saturated rings. The van der Waals surface area contributed by atoms with Gasteiger partial charge < -0.3 is 28.5 Å². The Balaban J connectivity index is 5.06. The van der Waals surface area contributed by atoms with E-state index in [0.717, 1.165) is 128 Å². The lowest BCUT2D eigenvalue weighted by molar-refractivity contribution is -0.870. The van der Waals surface area contributed by atoms with Crippen LogP contribution >= 0.6 is 7.82 Å². The van der Waals surface area contributed by atoms with Gasteiger partial charge in [0.15, 0.2) is 0 Å². The fourth-order valence-corrected chi connectivity index (χ4v) is 9.61. The van der Waals surface area contributed by atoms with E-state index in [1.54, 1.807) is 0 Å². The van der Waals surface area contributed by atoms with Gasteiger partial charge in [-0.1, -0.05) is 254 Å². The van der Waals surface area contributed by atoms with Crippen LogP contribution < -0.4 is 10.2 Å². The van der Waals surface area contributed by atoms with E-state index in [-0.39, 0.29) is 24.9 Å². The van der Waals surface area contributed by atoms with Crippen molar-refractivity contribution in [1.29, 1.82) is 0 Å². The molecule has 77 heavy (non-hydrogen) atoms. The van der Waals surface area contributed by atoms with Gasteiger partial charge in [0, 0.05) is 12.8 Å². The fourth-order valence-electron chi connectivity index (χ4n) is 8.88. The molecule has 0 aromatic rings. The molecule has 0 aromatic heterocycles. The van der Waals surface area contributed by atoms with Crippen molar-refractivity contribution >= 4 is 19.7 Å². The third-order valence-electron chi connectivity index (χ3n) is 13.8. The van der Waals surface area contributed by atoms with E-state index in [0.29, 0.717) is 17.4 Å². The maximum absolute atomic E-state index is 13.5. The summed E-state index contributed by atoms with van der Waals surface area (Å²) in [6.45, 7) is 6.69. The van der Waals surface area contributed by atoms with E-state index < -0.39 is 26.6 Å². The summed E-state index contributed by atoms with van der Waals surface area (Å²) in [6.07, 6.45) is 74.1. The van der Waals surface area contributed by atoms with Gasteiger partial charge in [0.2, 0.25) is 5.91 Å². The Kier molecular flexibility index (Phi) is 54.4. The van der Waals surface area contributed by atoms with Crippen LogP contribution in [0.5, 0.6) is 0 Å². The molecule has 0 aliphatic heterocycles. The lowest BCUT2D eigenvalue weighted by Gasteiger charge is -2.30. The Morgan fingerprint density at radius 3 is 1.30 bits per heavy atom. The molecule has 1 N–H and O–H groups in total. The molecule has 0 saturated heterocycles. The van der Waals surface area contributed by atoms with Crippen LogP contribution in [0.4, 0.5) is 0 Å². The summed E-state index contributed by atoms with van der Waals surface area (Å²) >= 11 is 0. The Hall–Kier alpha value is -2.81. The first-order valence-electron chi connectivity index (χ1n) is 31.9. The number of carbonyl (C=O) groups excluding carboxylic acids is 2. The van der Waals surface area contributed by atoms with Crippen molar-refractivity contribution in [3.8, 4) is 0 Å². The molecule has 9 nitrogen and oxygen atoms in total. The first kappa shape index (κ1) is 74.2. The first-order chi connectivity index (χ1) is 37.4.